The summed E-state index contributed by atoms with van der Waals surface area (Å²) in [6.45, 7) is 2.23. The summed E-state index contributed by atoms with van der Waals surface area (Å²) >= 11 is 3.44. The highest BCUT2D eigenvalue weighted by Crippen LogP contribution is 2.45. The molecule has 2 aromatic rings. The Morgan fingerprint density at radius 1 is 1.45 bits per heavy atom. The number of halogens is 1. The summed E-state index contributed by atoms with van der Waals surface area (Å²) < 4.78 is 2.69. The molecule has 2 aromatic heterocycles. The van der Waals surface area contributed by atoms with E-state index in [1.54, 1.807) is 10.7 Å². The summed E-state index contributed by atoms with van der Waals surface area (Å²) in [7, 11) is 0. The van der Waals surface area contributed by atoms with Crippen molar-refractivity contribution in [3.8, 4) is 0 Å². The first-order chi connectivity index (χ1) is 9.67. The van der Waals surface area contributed by atoms with Gasteiger partial charge in [0.25, 0.3) is 5.91 Å². The number of piperazine rings is 1. The van der Waals surface area contributed by atoms with Crippen LogP contribution in [-0.4, -0.2) is 45.6 Å². The zero-order chi connectivity index (χ0) is 13.7. The van der Waals surface area contributed by atoms with E-state index in [0.29, 0.717) is 12.1 Å². The predicted molar refractivity (Wildman–Crippen MR) is 79.0 cm³/mol. The van der Waals surface area contributed by atoms with E-state index >= 15 is 0 Å². The van der Waals surface area contributed by atoms with Crippen LogP contribution in [0, 0.1) is 0 Å². The Morgan fingerprint density at radius 2 is 2.30 bits per heavy atom. The SMILES string of the molecule is O=C(c1cnn2ccc(Br)cc12)N1CC[N-]C2(CC2)C1. The fourth-order valence-corrected chi connectivity index (χ4v) is 3.15. The van der Waals surface area contributed by atoms with Crippen molar-refractivity contribution < 1.29 is 4.79 Å². The monoisotopic (exact) mass is 333 g/mol. The highest BCUT2D eigenvalue weighted by atomic mass is 79.9. The summed E-state index contributed by atoms with van der Waals surface area (Å²) in [4.78, 5) is 14.6. The van der Waals surface area contributed by atoms with Crippen LogP contribution in [0.2, 0.25) is 0 Å². The quantitative estimate of drug-likeness (QED) is 0.804. The van der Waals surface area contributed by atoms with Crippen LogP contribution < -0.4 is 0 Å². The van der Waals surface area contributed by atoms with Gasteiger partial charge in [-0.25, -0.2) is 4.52 Å². The maximum atomic E-state index is 12.7. The molecule has 20 heavy (non-hydrogen) atoms. The Balaban J connectivity index is 1.68. The van der Waals surface area contributed by atoms with Gasteiger partial charge >= 0.3 is 0 Å². The molecule has 1 amide bonds. The van der Waals surface area contributed by atoms with Crippen molar-refractivity contribution in [2.75, 3.05) is 19.6 Å². The van der Waals surface area contributed by atoms with Crippen molar-refractivity contribution in [3.63, 3.8) is 0 Å². The lowest BCUT2D eigenvalue weighted by Gasteiger charge is -2.44. The molecule has 2 aliphatic rings. The molecule has 1 spiro atoms. The molecule has 104 valence electrons. The number of hydrogen-bond donors (Lipinski definition) is 0. The first-order valence-corrected chi connectivity index (χ1v) is 7.57. The van der Waals surface area contributed by atoms with E-state index in [2.05, 4.69) is 26.3 Å². The number of fused-ring (bicyclic) bond motifs is 1. The molecule has 0 aromatic carbocycles. The number of carbonyl (C=O) groups is 1. The smallest absolute Gasteiger partial charge is 0.257 e. The Morgan fingerprint density at radius 3 is 3.10 bits per heavy atom. The van der Waals surface area contributed by atoms with Gasteiger partial charge in [0.05, 0.1) is 17.3 Å². The van der Waals surface area contributed by atoms with E-state index in [0.717, 1.165) is 35.9 Å². The average Bonchev–Trinajstić information content (AvgIpc) is 3.06. The predicted octanol–water partition coefficient (Wildman–Crippen LogP) is 2.46. The van der Waals surface area contributed by atoms with Crippen molar-refractivity contribution in [1.29, 1.82) is 0 Å². The summed E-state index contributed by atoms with van der Waals surface area (Å²) in [5.74, 6) is 0.0688. The summed E-state index contributed by atoms with van der Waals surface area (Å²) in [6, 6.07) is 3.84. The van der Waals surface area contributed by atoms with Gasteiger partial charge in [0, 0.05) is 23.8 Å². The summed E-state index contributed by atoms with van der Waals surface area (Å²) in [5.41, 5.74) is 1.60. The van der Waals surface area contributed by atoms with E-state index in [1.165, 1.54) is 0 Å². The minimum absolute atomic E-state index is 0.0688. The molecule has 4 rings (SSSR count). The lowest BCUT2D eigenvalue weighted by atomic mass is 10.1. The van der Waals surface area contributed by atoms with Crippen LogP contribution in [0.4, 0.5) is 0 Å². The Kier molecular flexibility index (Phi) is 2.65. The van der Waals surface area contributed by atoms with Crippen molar-refractivity contribution in [3.05, 3.63) is 39.9 Å². The Bertz CT molecular complexity index is 692. The third-order valence-electron chi connectivity index (χ3n) is 4.13. The number of nitrogens with zero attached hydrogens (tertiary/aromatic N) is 4. The van der Waals surface area contributed by atoms with E-state index in [-0.39, 0.29) is 11.4 Å². The van der Waals surface area contributed by atoms with Crippen LogP contribution in [0.3, 0.4) is 0 Å². The van der Waals surface area contributed by atoms with Crippen LogP contribution >= 0.6 is 15.9 Å². The zero-order valence-electron chi connectivity index (χ0n) is 10.9. The van der Waals surface area contributed by atoms with Crippen molar-refractivity contribution in [2.24, 2.45) is 0 Å². The van der Waals surface area contributed by atoms with Gasteiger partial charge in [0.1, 0.15) is 0 Å². The van der Waals surface area contributed by atoms with Crippen molar-refractivity contribution in [2.45, 2.75) is 18.4 Å². The second-order valence-corrected chi connectivity index (χ2v) is 6.48. The third-order valence-corrected chi connectivity index (χ3v) is 4.62. The van der Waals surface area contributed by atoms with Gasteiger partial charge in [-0.2, -0.15) is 5.10 Å². The topological polar surface area (TPSA) is 51.7 Å². The Hall–Kier alpha value is -1.40. The van der Waals surface area contributed by atoms with E-state index in [1.807, 2.05) is 23.2 Å². The lowest BCUT2D eigenvalue weighted by Crippen LogP contribution is -2.44. The van der Waals surface area contributed by atoms with E-state index in [4.69, 9.17) is 0 Å². The average molecular weight is 334 g/mol. The van der Waals surface area contributed by atoms with E-state index < -0.39 is 0 Å². The van der Waals surface area contributed by atoms with E-state index in [9.17, 15) is 4.79 Å². The van der Waals surface area contributed by atoms with Gasteiger partial charge in [-0.05, 0) is 12.1 Å². The molecule has 5 nitrogen and oxygen atoms in total. The highest BCUT2D eigenvalue weighted by molar-refractivity contribution is 9.10. The maximum absolute atomic E-state index is 12.7. The fraction of sp³-hybridized carbons (Fsp3) is 0.429. The minimum atomic E-state index is 0.0688. The molecule has 0 atom stereocenters. The summed E-state index contributed by atoms with van der Waals surface area (Å²) in [5, 5.41) is 8.89. The third kappa shape index (κ3) is 1.94. The number of pyridine rings is 1. The zero-order valence-corrected chi connectivity index (χ0v) is 12.5. The van der Waals surface area contributed by atoms with Crippen LogP contribution in [0.5, 0.6) is 0 Å². The van der Waals surface area contributed by atoms with Gasteiger partial charge in [0.15, 0.2) is 0 Å². The largest absolute Gasteiger partial charge is 0.654 e. The Labute approximate surface area is 125 Å². The molecular weight excluding hydrogens is 320 g/mol. The summed E-state index contributed by atoms with van der Waals surface area (Å²) in [6.07, 6.45) is 5.76. The molecule has 1 aliphatic carbocycles. The molecule has 0 radical (unpaired) electrons. The van der Waals surface area contributed by atoms with Crippen LogP contribution in [-0.2, 0) is 0 Å². The van der Waals surface area contributed by atoms with Gasteiger partial charge in [-0.3, -0.25) is 4.79 Å². The van der Waals surface area contributed by atoms with Crippen molar-refractivity contribution in [1.82, 2.24) is 14.5 Å². The van der Waals surface area contributed by atoms with Gasteiger partial charge in [0.2, 0.25) is 0 Å². The number of hydrogen-bond acceptors (Lipinski definition) is 2. The molecule has 0 N–H and O–H groups in total. The molecular formula is C14H14BrN4O-. The number of aromatic nitrogens is 2. The maximum Gasteiger partial charge on any atom is 0.257 e. The molecule has 1 saturated carbocycles. The minimum Gasteiger partial charge on any atom is -0.654 e. The molecule has 1 saturated heterocycles. The second-order valence-electron chi connectivity index (χ2n) is 5.57. The highest BCUT2D eigenvalue weighted by Gasteiger charge is 2.38. The molecule has 3 heterocycles. The van der Waals surface area contributed by atoms with Crippen LogP contribution in [0.1, 0.15) is 23.2 Å². The van der Waals surface area contributed by atoms with Gasteiger partial charge in [-0.1, -0.05) is 28.8 Å². The van der Waals surface area contributed by atoms with Crippen molar-refractivity contribution >= 4 is 27.4 Å². The normalized spacial score (nSPS) is 20.6. The number of carbonyl (C=O) groups excluding carboxylic acids is 1. The van der Waals surface area contributed by atoms with Gasteiger partial charge < -0.3 is 10.2 Å². The molecule has 0 unspecified atom stereocenters. The first kappa shape index (κ1) is 12.3. The molecule has 2 fully saturated rings. The second kappa shape index (κ2) is 4.30. The first-order valence-electron chi connectivity index (χ1n) is 6.78. The fourth-order valence-electron chi connectivity index (χ4n) is 2.82. The molecule has 0 bridgehead atoms. The van der Waals surface area contributed by atoms with Gasteiger partial charge in [-0.15, -0.1) is 12.1 Å². The standard InChI is InChI=1S/C14H14BrN4O/c15-10-1-5-19-12(7-10)11(8-17-19)13(20)18-6-4-16-14(9-18)2-3-14/h1,5,7-8H,2-4,6,9H2/q-1. The lowest BCUT2D eigenvalue weighted by molar-refractivity contribution is 0.0737. The van der Waals surface area contributed by atoms with Crippen LogP contribution in [0.25, 0.3) is 10.8 Å². The number of rotatable bonds is 1. The molecule has 1 aliphatic heterocycles. The van der Waals surface area contributed by atoms with Crippen LogP contribution in [0.15, 0.2) is 29.0 Å². The number of amides is 1. The molecule has 6 heteroatoms.